The minimum atomic E-state index is -1.13. The second-order valence-electron chi connectivity index (χ2n) is 4.61. The molecular weight excluding hydrogens is 260 g/mol. The average Bonchev–Trinajstić information content (AvgIpc) is 2.33. The molecule has 0 fully saturated rings. The number of rotatable bonds is 4. The van der Waals surface area contributed by atoms with E-state index < -0.39 is 11.6 Å². The Morgan fingerprint density at radius 3 is 2.65 bits per heavy atom. The quantitative estimate of drug-likeness (QED) is 0.393. The van der Waals surface area contributed by atoms with E-state index in [1.54, 1.807) is 32.0 Å². The van der Waals surface area contributed by atoms with Gasteiger partial charge in [-0.2, -0.15) is 0 Å². The number of carbonyl (C=O) groups is 1. The first-order valence-electron chi connectivity index (χ1n) is 6.01. The average molecular weight is 278 g/mol. The molecule has 0 saturated carbocycles. The van der Waals surface area contributed by atoms with E-state index in [0.717, 1.165) is 0 Å². The molecule has 0 aliphatic heterocycles. The predicted molar refractivity (Wildman–Crippen MR) is 73.4 cm³/mol. The Bertz CT molecular complexity index is 531. The summed E-state index contributed by atoms with van der Waals surface area (Å²) in [4.78, 5) is 10.9. The fraction of sp³-hybridized carbons (Fsp3) is 0.400. The Labute approximate surface area is 118 Å². The van der Waals surface area contributed by atoms with E-state index in [9.17, 15) is 9.90 Å². The molecule has 1 aromatic rings. The molecule has 5 heteroatoms. The molecule has 0 aliphatic rings. The van der Waals surface area contributed by atoms with Gasteiger partial charge < -0.3 is 19.3 Å². The summed E-state index contributed by atoms with van der Waals surface area (Å²) in [5.74, 6) is 5.91. The number of hydrogen-bond donors (Lipinski definition) is 1. The highest BCUT2D eigenvalue weighted by atomic mass is 16.7. The second kappa shape index (κ2) is 6.94. The molecule has 0 aromatic heterocycles. The van der Waals surface area contributed by atoms with E-state index in [4.69, 9.17) is 14.2 Å². The molecule has 0 saturated heterocycles. The van der Waals surface area contributed by atoms with Gasteiger partial charge in [0.2, 0.25) is 0 Å². The van der Waals surface area contributed by atoms with Gasteiger partial charge >= 0.3 is 5.97 Å². The number of ether oxygens (including phenoxy) is 3. The molecule has 0 amide bonds. The summed E-state index contributed by atoms with van der Waals surface area (Å²) in [6.07, 6.45) is 0. The number of benzene rings is 1. The number of hydrogen-bond acceptors (Lipinski definition) is 5. The van der Waals surface area contributed by atoms with Crippen LogP contribution in [-0.4, -0.2) is 30.6 Å². The highest BCUT2D eigenvalue weighted by molar-refractivity contribution is 5.69. The van der Waals surface area contributed by atoms with Crippen LogP contribution in [0.15, 0.2) is 18.2 Å². The van der Waals surface area contributed by atoms with Gasteiger partial charge in [0.1, 0.15) is 17.1 Å². The van der Waals surface area contributed by atoms with E-state index in [1.807, 2.05) is 0 Å². The zero-order valence-electron chi connectivity index (χ0n) is 12.0. The smallest absolute Gasteiger partial charge is 0.308 e. The van der Waals surface area contributed by atoms with E-state index in [0.29, 0.717) is 17.1 Å². The molecule has 0 spiro atoms. The van der Waals surface area contributed by atoms with Crippen LogP contribution in [-0.2, 0) is 9.53 Å². The molecular formula is C15H18O5. The summed E-state index contributed by atoms with van der Waals surface area (Å²) in [6, 6.07) is 4.80. The van der Waals surface area contributed by atoms with Crippen molar-refractivity contribution in [2.75, 3.05) is 13.9 Å². The highest BCUT2D eigenvalue weighted by Crippen LogP contribution is 2.24. The Hall–Kier alpha value is -2.03. The first kappa shape index (κ1) is 16.0. The number of methoxy groups -OCH3 is 1. The Morgan fingerprint density at radius 1 is 1.40 bits per heavy atom. The van der Waals surface area contributed by atoms with Crippen LogP contribution in [0.25, 0.3) is 0 Å². The van der Waals surface area contributed by atoms with E-state index >= 15 is 0 Å². The molecule has 0 unspecified atom stereocenters. The summed E-state index contributed by atoms with van der Waals surface area (Å²) in [6.45, 7) is 4.54. The first-order chi connectivity index (χ1) is 9.31. The molecule has 0 heterocycles. The van der Waals surface area contributed by atoms with Crippen molar-refractivity contribution in [3.05, 3.63) is 23.8 Å². The van der Waals surface area contributed by atoms with Gasteiger partial charge in [-0.3, -0.25) is 4.79 Å². The van der Waals surface area contributed by atoms with Crippen LogP contribution in [0.3, 0.4) is 0 Å². The largest absolute Gasteiger partial charge is 0.466 e. The second-order valence-corrected chi connectivity index (χ2v) is 4.61. The van der Waals surface area contributed by atoms with Crippen molar-refractivity contribution < 1.29 is 24.1 Å². The standard InChI is InChI=1S/C15H18O5/c1-11(16)20-13-5-6-14(19-10-18-4)12(9-13)7-8-15(2,3)17/h5-6,9,17H,10H2,1-4H3. The van der Waals surface area contributed by atoms with Gasteiger partial charge in [0, 0.05) is 20.1 Å². The van der Waals surface area contributed by atoms with Gasteiger partial charge in [-0.15, -0.1) is 0 Å². The van der Waals surface area contributed by atoms with Gasteiger partial charge in [0.05, 0.1) is 5.56 Å². The summed E-state index contributed by atoms with van der Waals surface area (Å²) in [7, 11) is 1.51. The van der Waals surface area contributed by atoms with Crippen LogP contribution in [0.5, 0.6) is 11.5 Å². The van der Waals surface area contributed by atoms with Gasteiger partial charge in [-0.25, -0.2) is 0 Å². The fourth-order valence-electron chi connectivity index (χ4n) is 1.30. The lowest BCUT2D eigenvalue weighted by Gasteiger charge is -2.10. The zero-order chi connectivity index (χ0) is 15.2. The fourth-order valence-corrected chi connectivity index (χ4v) is 1.30. The molecule has 1 aromatic carbocycles. The summed E-state index contributed by atoms with van der Waals surface area (Å²) in [5.41, 5.74) is -0.626. The van der Waals surface area contributed by atoms with Gasteiger partial charge in [0.15, 0.2) is 6.79 Å². The van der Waals surface area contributed by atoms with Gasteiger partial charge in [-0.05, 0) is 26.0 Å². The van der Waals surface area contributed by atoms with Gasteiger partial charge in [-0.1, -0.05) is 11.8 Å². The van der Waals surface area contributed by atoms with E-state index in [-0.39, 0.29) is 6.79 Å². The maximum absolute atomic E-state index is 10.9. The maximum Gasteiger partial charge on any atom is 0.308 e. The predicted octanol–water partition coefficient (Wildman–Crippen LogP) is 1.72. The third-order valence-electron chi connectivity index (χ3n) is 2.05. The van der Waals surface area contributed by atoms with Crippen LogP contribution in [0.4, 0.5) is 0 Å². The van der Waals surface area contributed by atoms with Crippen molar-refractivity contribution in [1.82, 2.24) is 0 Å². The van der Waals surface area contributed by atoms with Crippen LogP contribution in [0, 0.1) is 11.8 Å². The van der Waals surface area contributed by atoms with Crippen molar-refractivity contribution in [2.24, 2.45) is 0 Å². The van der Waals surface area contributed by atoms with Crippen LogP contribution in [0.1, 0.15) is 26.3 Å². The van der Waals surface area contributed by atoms with Crippen molar-refractivity contribution in [3.63, 3.8) is 0 Å². The van der Waals surface area contributed by atoms with Crippen molar-refractivity contribution in [3.8, 4) is 23.3 Å². The normalized spacial score (nSPS) is 10.4. The van der Waals surface area contributed by atoms with Crippen LogP contribution >= 0.6 is 0 Å². The van der Waals surface area contributed by atoms with Crippen LogP contribution in [0.2, 0.25) is 0 Å². The molecule has 5 nitrogen and oxygen atoms in total. The minimum absolute atomic E-state index is 0.0735. The SMILES string of the molecule is COCOc1ccc(OC(C)=O)cc1C#CC(C)(C)O. The molecule has 0 atom stereocenters. The number of carbonyl (C=O) groups excluding carboxylic acids is 1. The lowest BCUT2D eigenvalue weighted by molar-refractivity contribution is -0.131. The third kappa shape index (κ3) is 5.74. The minimum Gasteiger partial charge on any atom is -0.466 e. The molecule has 20 heavy (non-hydrogen) atoms. The van der Waals surface area contributed by atoms with Crippen molar-refractivity contribution in [2.45, 2.75) is 26.4 Å². The molecule has 0 bridgehead atoms. The van der Waals surface area contributed by atoms with Gasteiger partial charge in [0.25, 0.3) is 0 Å². The highest BCUT2D eigenvalue weighted by Gasteiger charge is 2.09. The topological polar surface area (TPSA) is 65.0 Å². The van der Waals surface area contributed by atoms with Crippen molar-refractivity contribution in [1.29, 1.82) is 0 Å². The molecule has 1 N–H and O–H groups in total. The molecule has 0 radical (unpaired) electrons. The van der Waals surface area contributed by atoms with Crippen molar-refractivity contribution >= 4 is 5.97 Å². The Balaban J connectivity index is 3.10. The number of aliphatic hydroxyl groups is 1. The molecule has 0 aliphatic carbocycles. The summed E-state index contributed by atoms with van der Waals surface area (Å²) >= 11 is 0. The zero-order valence-corrected chi connectivity index (χ0v) is 12.0. The molecule has 1 rings (SSSR count). The monoisotopic (exact) mass is 278 g/mol. The third-order valence-corrected chi connectivity index (χ3v) is 2.05. The Kier molecular flexibility index (Phi) is 5.56. The Morgan fingerprint density at radius 2 is 2.10 bits per heavy atom. The molecule has 108 valence electrons. The first-order valence-corrected chi connectivity index (χ1v) is 6.01. The summed E-state index contributed by atoms with van der Waals surface area (Å²) < 4.78 is 15.2. The maximum atomic E-state index is 10.9. The number of esters is 1. The lowest BCUT2D eigenvalue weighted by Crippen LogP contribution is -2.14. The van der Waals surface area contributed by atoms with E-state index in [2.05, 4.69) is 11.8 Å². The van der Waals surface area contributed by atoms with Crippen LogP contribution < -0.4 is 9.47 Å². The van der Waals surface area contributed by atoms with E-state index in [1.165, 1.54) is 14.0 Å². The summed E-state index contributed by atoms with van der Waals surface area (Å²) in [5, 5.41) is 9.64. The lowest BCUT2D eigenvalue weighted by atomic mass is 10.1.